The molecule has 0 spiro atoms. The van der Waals surface area contributed by atoms with Crippen LogP contribution in [0.3, 0.4) is 0 Å². The van der Waals surface area contributed by atoms with Gasteiger partial charge in [0.25, 0.3) is 0 Å². The second kappa shape index (κ2) is 4.61. The summed E-state index contributed by atoms with van der Waals surface area (Å²) in [5.74, 6) is -0.0209. The number of carbonyl (C=O) groups is 1. The van der Waals surface area contributed by atoms with Crippen molar-refractivity contribution in [3.63, 3.8) is 0 Å². The number of hydrogen-bond acceptors (Lipinski definition) is 2. The smallest absolute Gasteiger partial charge is 0.161 e. The van der Waals surface area contributed by atoms with Crippen LogP contribution in [0.1, 0.15) is 47.0 Å². The molecule has 2 heteroatoms. The third-order valence-electron chi connectivity index (χ3n) is 1.88. The Balaban J connectivity index is 3.72. The van der Waals surface area contributed by atoms with Crippen molar-refractivity contribution in [3.8, 4) is 0 Å². The molecule has 0 saturated heterocycles. The summed E-state index contributed by atoms with van der Waals surface area (Å²) in [5, 5.41) is 9.17. The minimum Gasteiger partial charge on any atom is -0.385 e. The summed E-state index contributed by atoms with van der Waals surface area (Å²) >= 11 is 0. The zero-order valence-corrected chi connectivity index (χ0v) is 8.55. The summed E-state index contributed by atoms with van der Waals surface area (Å²) in [4.78, 5) is 11.2. The molecule has 0 aromatic heterocycles. The Bertz CT molecular complexity index is 144. The average Bonchev–Trinajstić information content (AvgIpc) is 1.97. The van der Waals surface area contributed by atoms with Crippen molar-refractivity contribution >= 4 is 5.78 Å². The van der Waals surface area contributed by atoms with Crippen molar-refractivity contribution in [3.05, 3.63) is 0 Å². The highest BCUT2D eigenvalue weighted by molar-refractivity contribution is 5.82. The Hall–Kier alpha value is -0.370. The average molecular weight is 172 g/mol. The van der Waals surface area contributed by atoms with Gasteiger partial charge in [0.2, 0.25) is 0 Å². The first-order chi connectivity index (χ1) is 5.37. The minimum atomic E-state index is -0.743. The van der Waals surface area contributed by atoms with Crippen molar-refractivity contribution in [2.24, 2.45) is 5.41 Å². The first-order valence-electron chi connectivity index (χ1n) is 4.57. The van der Waals surface area contributed by atoms with E-state index in [1.807, 2.05) is 6.92 Å². The standard InChI is InChI=1S/C10H20O2/c1-5-8(11)9(12)6-7-10(2,3)4/h8,11H,5-7H2,1-4H3. The molecule has 1 N–H and O–H groups in total. The highest BCUT2D eigenvalue weighted by atomic mass is 16.3. The SMILES string of the molecule is CCC(O)C(=O)CCC(C)(C)C. The van der Waals surface area contributed by atoms with Crippen molar-refractivity contribution in [2.75, 3.05) is 0 Å². The topological polar surface area (TPSA) is 37.3 Å². The van der Waals surface area contributed by atoms with Crippen molar-refractivity contribution in [2.45, 2.75) is 53.1 Å². The highest BCUT2D eigenvalue weighted by Gasteiger charge is 2.16. The minimum absolute atomic E-state index is 0.0209. The molecule has 12 heavy (non-hydrogen) atoms. The molecule has 0 amide bonds. The number of carbonyl (C=O) groups excluding carboxylic acids is 1. The van der Waals surface area contributed by atoms with E-state index in [9.17, 15) is 9.90 Å². The van der Waals surface area contributed by atoms with Gasteiger partial charge in [-0.05, 0) is 18.3 Å². The fraction of sp³-hybridized carbons (Fsp3) is 0.900. The highest BCUT2D eigenvalue weighted by Crippen LogP contribution is 2.21. The Kier molecular flexibility index (Phi) is 4.46. The predicted molar refractivity (Wildman–Crippen MR) is 50.0 cm³/mol. The van der Waals surface area contributed by atoms with Gasteiger partial charge in [0.05, 0.1) is 0 Å². The van der Waals surface area contributed by atoms with Crippen LogP contribution in [0.2, 0.25) is 0 Å². The zero-order chi connectivity index (χ0) is 9.78. The van der Waals surface area contributed by atoms with Crippen molar-refractivity contribution in [1.29, 1.82) is 0 Å². The van der Waals surface area contributed by atoms with Gasteiger partial charge in [0, 0.05) is 6.42 Å². The van der Waals surface area contributed by atoms with Crippen LogP contribution in [0.4, 0.5) is 0 Å². The van der Waals surface area contributed by atoms with Gasteiger partial charge in [-0.25, -0.2) is 0 Å². The predicted octanol–water partition coefficient (Wildman–Crippen LogP) is 2.15. The molecular formula is C10H20O2. The van der Waals surface area contributed by atoms with E-state index in [-0.39, 0.29) is 11.2 Å². The Labute approximate surface area is 75.0 Å². The molecule has 0 fully saturated rings. The van der Waals surface area contributed by atoms with Gasteiger partial charge in [-0.15, -0.1) is 0 Å². The molecule has 0 aliphatic carbocycles. The lowest BCUT2D eigenvalue weighted by Crippen LogP contribution is -2.20. The molecule has 1 unspecified atom stereocenters. The van der Waals surface area contributed by atoms with Gasteiger partial charge in [0.1, 0.15) is 6.10 Å². The quantitative estimate of drug-likeness (QED) is 0.705. The van der Waals surface area contributed by atoms with E-state index in [2.05, 4.69) is 20.8 Å². The van der Waals surface area contributed by atoms with Crippen LogP contribution in [0.25, 0.3) is 0 Å². The number of aliphatic hydroxyl groups excluding tert-OH is 1. The van der Waals surface area contributed by atoms with Crippen LogP contribution in [0, 0.1) is 5.41 Å². The molecule has 0 aromatic carbocycles. The van der Waals surface area contributed by atoms with Crippen LogP contribution >= 0.6 is 0 Å². The number of rotatable bonds is 4. The molecule has 0 saturated carbocycles. The fourth-order valence-electron chi connectivity index (χ4n) is 0.892. The maximum Gasteiger partial charge on any atom is 0.161 e. The first-order valence-corrected chi connectivity index (χ1v) is 4.57. The van der Waals surface area contributed by atoms with E-state index in [0.717, 1.165) is 6.42 Å². The Morgan fingerprint density at radius 2 is 1.92 bits per heavy atom. The summed E-state index contributed by atoms with van der Waals surface area (Å²) in [6.45, 7) is 8.11. The molecule has 72 valence electrons. The fourth-order valence-corrected chi connectivity index (χ4v) is 0.892. The third kappa shape index (κ3) is 5.30. The normalized spacial score (nSPS) is 14.4. The molecule has 0 aromatic rings. The van der Waals surface area contributed by atoms with Gasteiger partial charge in [-0.1, -0.05) is 27.7 Å². The van der Waals surface area contributed by atoms with Gasteiger partial charge in [-0.3, -0.25) is 4.79 Å². The Morgan fingerprint density at radius 3 is 2.25 bits per heavy atom. The second-order valence-electron chi connectivity index (χ2n) is 4.45. The van der Waals surface area contributed by atoms with Crippen LogP contribution in [-0.2, 0) is 4.79 Å². The maximum atomic E-state index is 11.2. The zero-order valence-electron chi connectivity index (χ0n) is 8.55. The number of Topliss-reactive ketones (excluding diaryl/α,β-unsaturated/α-hetero) is 1. The molecule has 0 rings (SSSR count). The van der Waals surface area contributed by atoms with Crippen LogP contribution in [-0.4, -0.2) is 17.0 Å². The van der Waals surface area contributed by atoms with Crippen molar-refractivity contribution in [1.82, 2.24) is 0 Å². The summed E-state index contributed by atoms with van der Waals surface area (Å²) < 4.78 is 0. The molecular weight excluding hydrogens is 152 g/mol. The van der Waals surface area contributed by atoms with Crippen LogP contribution < -0.4 is 0 Å². The summed E-state index contributed by atoms with van der Waals surface area (Å²) in [6.07, 6.45) is 1.14. The molecule has 2 nitrogen and oxygen atoms in total. The number of ketones is 1. The maximum absolute atomic E-state index is 11.2. The largest absolute Gasteiger partial charge is 0.385 e. The lowest BCUT2D eigenvalue weighted by molar-refractivity contribution is -0.127. The lowest BCUT2D eigenvalue weighted by Gasteiger charge is -2.17. The van der Waals surface area contributed by atoms with E-state index in [1.165, 1.54) is 0 Å². The van der Waals surface area contributed by atoms with Crippen LogP contribution in [0.5, 0.6) is 0 Å². The lowest BCUT2D eigenvalue weighted by atomic mass is 9.89. The van der Waals surface area contributed by atoms with Gasteiger partial charge < -0.3 is 5.11 Å². The molecule has 1 atom stereocenters. The van der Waals surface area contributed by atoms with E-state index >= 15 is 0 Å². The molecule has 0 aliphatic heterocycles. The first kappa shape index (κ1) is 11.6. The molecule has 0 radical (unpaired) electrons. The molecule has 0 heterocycles. The Morgan fingerprint density at radius 1 is 1.42 bits per heavy atom. The van der Waals surface area contributed by atoms with E-state index in [4.69, 9.17) is 0 Å². The second-order valence-corrected chi connectivity index (χ2v) is 4.45. The van der Waals surface area contributed by atoms with E-state index < -0.39 is 6.10 Å². The van der Waals surface area contributed by atoms with Crippen LogP contribution in [0.15, 0.2) is 0 Å². The third-order valence-corrected chi connectivity index (χ3v) is 1.88. The monoisotopic (exact) mass is 172 g/mol. The van der Waals surface area contributed by atoms with Gasteiger partial charge in [0.15, 0.2) is 5.78 Å². The van der Waals surface area contributed by atoms with E-state index in [1.54, 1.807) is 0 Å². The molecule has 0 bridgehead atoms. The van der Waals surface area contributed by atoms with Gasteiger partial charge in [-0.2, -0.15) is 0 Å². The summed E-state index contributed by atoms with van der Waals surface area (Å²) in [5.41, 5.74) is 0.184. The summed E-state index contributed by atoms with van der Waals surface area (Å²) in [7, 11) is 0. The number of aliphatic hydroxyl groups is 1. The number of hydrogen-bond donors (Lipinski definition) is 1. The van der Waals surface area contributed by atoms with E-state index in [0.29, 0.717) is 12.8 Å². The molecule has 0 aliphatic rings. The van der Waals surface area contributed by atoms with Crippen molar-refractivity contribution < 1.29 is 9.90 Å². The van der Waals surface area contributed by atoms with Gasteiger partial charge >= 0.3 is 0 Å². The summed E-state index contributed by atoms with van der Waals surface area (Å²) in [6, 6.07) is 0.